The fourth-order valence-corrected chi connectivity index (χ4v) is 4.74. The highest BCUT2D eigenvalue weighted by atomic mass is 32.1. The van der Waals surface area contributed by atoms with Crippen LogP contribution in [0.1, 0.15) is 67.8 Å². The van der Waals surface area contributed by atoms with E-state index in [4.69, 9.17) is 5.73 Å². The molecular weight excluding hydrogens is 328 g/mol. The maximum atomic E-state index is 5.72. The van der Waals surface area contributed by atoms with E-state index >= 15 is 0 Å². The Balaban J connectivity index is 1.67. The molecule has 0 radical (unpaired) electrons. The summed E-state index contributed by atoms with van der Waals surface area (Å²) in [4.78, 5) is 0. The summed E-state index contributed by atoms with van der Waals surface area (Å²) in [5.74, 6) is 0.910. The van der Waals surface area contributed by atoms with E-state index in [1.165, 1.54) is 24.2 Å². The normalized spacial score (nSPS) is 22.3. The van der Waals surface area contributed by atoms with Crippen molar-refractivity contribution in [2.75, 3.05) is 11.1 Å². The molecule has 3 rings (SSSR count). The van der Waals surface area contributed by atoms with Gasteiger partial charge in [0.1, 0.15) is 10.0 Å². The van der Waals surface area contributed by atoms with E-state index in [-0.39, 0.29) is 0 Å². The smallest absolute Gasteiger partial charge is 0.209 e. The topological polar surface area (TPSA) is 89.6 Å². The lowest BCUT2D eigenvalue weighted by Crippen LogP contribution is -2.12. The molecule has 1 unspecified atom stereocenters. The van der Waals surface area contributed by atoms with Gasteiger partial charge in [-0.1, -0.05) is 42.1 Å². The van der Waals surface area contributed by atoms with Gasteiger partial charge in [-0.3, -0.25) is 0 Å². The van der Waals surface area contributed by atoms with Crippen LogP contribution < -0.4 is 11.1 Å². The van der Waals surface area contributed by atoms with Gasteiger partial charge in [-0.05, 0) is 32.6 Å². The Hall–Kier alpha value is -1.54. The van der Waals surface area contributed by atoms with Crippen LogP contribution in [-0.4, -0.2) is 20.4 Å². The van der Waals surface area contributed by atoms with Gasteiger partial charge in [0.15, 0.2) is 0 Å². The predicted octanol–water partition coefficient (Wildman–Crippen LogP) is 4.14. The van der Waals surface area contributed by atoms with Crippen LogP contribution in [0.25, 0.3) is 0 Å². The average Bonchev–Trinajstić information content (AvgIpc) is 3.17. The largest absolute Gasteiger partial charge is 0.374 e. The number of hydrogen-bond donors (Lipinski definition) is 2. The standard InChI is InChI=1S/C15H22N6S2/c1-3-5-9(2)17-15-21-19-13(23-15)11-7-4-6-10(8-11)12-18-20-14(16)22-12/h5,10-11H,3-4,6-8H2,1-2H3,(H2,16,20)(H,17,21)/b9-5-/t10?,11-/m0/s1. The van der Waals surface area contributed by atoms with Crippen molar-refractivity contribution in [2.24, 2.45) is 0 Å². The van der Waals surface area contributed by atoms with Crippen molar-refractivity contribution >= 4 is 32.9 Å². The van der Waals surface area contributed by atoms with E-state index in [1.54, 1.807) is 11.3 Å². The van der Waals surface area contributed by atoms with Gasteiger partial charge in [0.25, 0.3) is 0 Å². The Morgan fingerprint density at radius 3 is 2.52 bits per heavy atom. The zero-order chi connectivity index (χ0) is 16.2. The van der Waals surface area contributed by atoms with Gasteiger partial charge in [0.2, 0.25) is 10.3 Å². The summed E-state index contributed by atoms with van der Waals surface area (Å²) >= 11 is 3.18. The monoisotopic (exact) mass is 350 g/mol. The van der Waals surface area contributed by atoms with Gasteiger partial charge in [0.05, 0.1) is 0 Å². The summed E-state index contributed by atoms with van der Waals surface area (Å²) < 4.78 is 0. The second-order valence-corrected chi connectivity index (χ2v) is 7.95. The molecule has 6 nitrogen and oxygen atoms in total. The molecule has 0 amide bonds. The van der Waals surface area contributed by atoms with E-state index < -0.39 is 0 Å². The summed E-state index contributed by atoms with van der Waals surface area (Å²) in [5.41, 5.74) is 6.84. The van der Waals surface area contributed by atoms with Crippen LogP contribution in [-0.2, 0) is 0 Å². The van der Waals surface area contributed by atoms with E-state index in [2.05, 4.69) is 45.6 Å². The van der Waals surface area contributed by atoms with Crippen LogP contribution in [0, 0.1) is 0 Å². The van der Waals surface area contributed by atoms with E-state index in [0.717, 1.165) is 40.1 Å². The van der Waals surface area contributed by atoms with Gasteiger partial charge >= 0.3 is 0 Å². The Morgan fingerprint density at radius 1 is 1.17 bits per heavy atom. The van der Waals surface area contributed by atoms with Crippen molar-refractivity contribution in [1.29, 1.82) is 0 Å². The van der Waals surface area contributed by atoms with Crippen LogP contribution in [0.2, 0.25) is 0 Å². The second-order valence-electron chi connectivity index (χ2n) is 5.90. The summed E-state index contributed by atoms with van der Waals surface area (Å²) in [6.45, 7) is 4.18. The number of rotatable bonds is 5. The molecule has 2 heterocycles. The maximum Gasteiger partial charge on any atom is 0.209 e. The van der Waals surface area contributed by atoms with Crippen LogP contribution in [0.5, 0.6) is 0 Å². The minimum Gasteiger partial charge on any atom is -0.374 e. The fraction of sp³-hybridized carbons (Fsp3) is 0.600. The van der Waals surface area contributed by atoms with Crippen LogP contribution in [0.4, 0.5) is 10.3 Å². The molecule has 3 N–H and O–H groups in total. The molecule has 8 heteroatoms. The molecule has 0 bridgehead atoms. The first-order valence-corrected chi connectivity index (χ1v) is 9.65. The Labute approximate surface area is 144 Å². The number of hydrogen-bond acceptors (Lipinski definition) is 8. The highest BCUT2D eigenvalue weighted by Gasteiger charge is 2.29. The number of aromatic nitrogens is 4. The second kappa shape index (κ2) is 7.35. The zero-order valence-corrected chi connectivity index (χ0v) is 15.1. The summed E-state index contributed by atoms with van der Waals surface area (Å²) in [6, 6.07) is 0. The molecule has 1 aliphatic carbocycles. The van der Waals surface area contributed by atoms with Gasteiger partial charge in [-0.15, -0.1) is 20.4 Å². The third kappa shape index (κ3) is 4.06. The van der Waals surface area contributed by atoms with Crippen molar-refractivity contribution < 1.29 is 0 Å². The number of anilines is 2. The maximum absolute atomic E-state index is 5.72. The molecule has 2 aromatic heterocycles. The van der Waals surface area contributed by atoms with Crippen molar-refractivity contribution in [3.63, 3.8) is 0 Å². The Kier molecular flexibility index (Phi) is 5.22. The molecule has 0 spiro atoms. The first kappa shape index (κ1) is 16.3. The van der Waals surface area contributed by atoms with Gasteiger partial charge in [0, 0.05) is 17.5 Å². The minimum atomic E-state index is 0.450. The molecule has 1 fully saturated rings. The molecule has 0 aliphatic heterocycles. The predicted molar refractivity (Wildman–Crippen MR) is 95.9 cm³/mol. The van der Waals surface area contributed by atoms with Crippen molar-refractivity contribution in [3.05, 3.63) is 21.8 Å². The van der Waals surface area contributed by atoms with Gasteiger partial charge in [-0.25, -0.2) is 0 Å². The molecule has 2 aromatic rings. The van der Waals surface area contributed by atoms with E-state index in [9.17, 15) is 0 Å². The molecule has 2 atom stereocenters. The number of nitrogens with zero attached hydrogens (tertiary/aromatic N) is 4. The lowest BCUT2D eigenvalue weighted by molar-refractivity contribution is 0.390. The highest BCUT2D eigenvalue weighted by molar-refractivity contribution is 7.15. The first-order valence-electron chi connectivity index (χ1n) is 8.01. The highest BCUT2D eigenvalue weighted by Crippen LogP contribution is 2.43. The number of nitrogens with two attached hydrogens (primary N) is 1. The number of nitrogens with one attached hydrogen (secondary N) is 1. The third-order valence-electron chi connectivity index (χ3n) is 4.08. The SMILES string of the molecule is CC/C=C(/C)Nc1nnc([C@H]2CCCC(c3nnc(N)s3)C2)s1. The molecule has 23 heavy (non-hydrogen) atoms. The quantitative estimate of drug-likeness (QED) is 0.842. The van der Waals surface area contributed by atoms with Crippen molar-refractivity contribution in [2.45, 2.75) is 57.8 Å². The lowest BCUT2D eigenvalue weighted by Gasteiger charge is -2.25. The van der Waals surface area contributed by atoms with E-state index in [0.29, 0.717) is 17.0 Å². The number of nitrogen functional groups attached to an aromatic ring is 1. The third-order valence-corrected chi connectivity index (χ3v) is 6.00. The van der Waals surface area contributed by atoms with Gasteiger partial charge < -0.3 is 11.1 Å². The lowest BCUT2D eigenvalue weighted by atomic mass is 9.82. The van der Waals surface area contributed by atoms with E-state index in [1.807, 2.05) is 0 Å². The Morgan fingerprint density at radius 2 is 1.87 bits per heavy atom. The van der Waals surface area contributed by atoms with Crippen LogP contribution in [0.3, 0.4) is 0 Å². The molecule has 0 saturated heterocycles. The summed E-state index contributed by atoms with van der Waals surface area (Å²) in [6.07, 6.45) is 7.74. The molecule has 124 valence electrons. The number of allylic oxidation sites excluding steroid dienone is 2. The first-order chi connectivity index (χ1) is 11.2. The zero-order valence-electron chi connectivity index (χ0n) is 13.5. The molecule has 1 aliphatic rings. The molecule has 0 aromatic carbocycles. The fourth-order valence-electron chi connectivity index (χ4n) is 3.03. The van der Waals surface area contributed by atoms with Crippen molar-refractivity contribution in [3.8, 4) is 0 Å². The summed E-state index contributed by atoms with van der Waals surface area (Å²) in [5, 5.41) is 23.8. The van der Waals surface area contributed by atoms with Crippen molar-refractivity contribution in [1.82, 2.24) is 20.4 Å². The molecular formula is C15H22N6S2. The van der Waals surface area contributed by atoms with Crippen LogP contribution >= 0.6 is 22.7 Å². The van der Waals surface area contributed by atoms with Crippen LogP contribution in [0.15, 0.2) is 11.8 Å². The summed E-state index contributed by atoms with van der Waals surface area (Å²) in [7, 11) is 0. The van der Waals surface area contributed by atoms with Gasteiger partial charge in [-0.2, -0.15) is 0 Å². The minimum absolute atomic E-state index is 0.450. The Bertz CT molecular complexity index is 677. The average molecular weight is 351 g/mol. The molecule has 1 saturated carbocycles.